The molecule has 0 saturated carbocycles. The number of carbonyl (C=O) groups is 1. The molecule has 1 heterocycles. The average molecular weight is 366 g/mol. The number of carbonyl (C=O) groups excluding carboxylic acids is 1. The van der Waals surface area contributed by atoms with Crippen molar-refractivity contribution in [1.82, 2.24) is 5.32 Å². The topological polar surface area (TPSA) is 41.1 Å². The molecule has 0 fully saturated rings. The lowest BCUT2D eigenvalue weighted by Crippen LogP contribution is -2.38. The van der Waals surface area contributed by atoms with Gasteiger partial charge in [-0.05, 0) is 51.7 Å². The van der Waals surface area contributed by atoms with Crippen molar-refractivity contribution in [3.63, 3.8) is 0 Å². The molecule has 1 unspecified atom stereocenters. The van der Waals surface area contributed by atoms with Gasteiger partial charge >= 0.3 is 0 Å². The van der Waals surface area contributed by atoms with E-state index in [1.807, 2.05) is 24.3 Å². The van der Waals surface area contributed by atoms with Gasteiger partial charge in [0.2, 0.25) is 5.91 Å². The number of fused-ring (bicyclic) bond motifs is 1. The van der Waals surface area contributed by atoms with Crippen LogP contribution in [0.25, 0.3) is 0 Å². The van der Waals surface area contributed by atoms with Gasteiger partial charge in [-0.25, -0.2) is 0 Å². The van der Waals surface area contributed by atoms with E-state index in [1.54, 1.807) is 12.1 Å². The van der Waals surface area contributed by atoms with Gasteiger partial charge in [-0.2, -0.15) is 0 Å². The molecule has 0 spiro atoms. The van der Waals surface area contributed by atoms with E-state index in [2.05, 4.69) is 32.6 Å². The van der Waals surface area contributed by atoms with Crippen molar-refractivity contribution in [2.75, 3.05) is 11.9 Å². The molecule has 5 heteroatoms. The predicted molar refractivity (Wildman–Crippen MR) is 88.7 cm³/mol. The fourth-order valence-electron chi connectivity index (χ4n) is 2.54. The van der Waals surface area contributed by atoms with Gasteiger partial charge in [0, 0.05) is 16.0 Å². The number of amides is 1. The van der Waals surface area contributed by atoms with Gasteiger partial charge in [-0.1, -0.05) is 35.9 Å². The van der Waals surface area contributed by atoms with Gasteiger partial charge in [0.25, 0.3) is 0 Å². The van der Waals surface area contributed by atoms with Crippen LogP contribution in [0.4, 0.5) is 5.69 Å². The second kappa shape index (κ2) is 6.18. The van der Waals surface area contributed by atoms with Crippen molar-refractivity contribution in [3.05, 3.63) is 63.1 Å². The van der Waals surface area contributed by atoms with Crippen LogP contribution in [0.2, 0.25) is 5.02 Å². The molecule has 0 bridgehead atoms. The van der Waals surface area contributed by atoms with E-state index in [-0.39, 0.29) is 11.9 Å². The maximum Gasteiger partial charge on any atom is 0.246 e. The molecule has 1 atom stereocenters. The molecule has 1 aliphatic rings. The number of hydrogen-bond acceptors (Lipinski definition) is 2. The Morgan fingerprint density at radius 1 is 1.29 bits per heavy atom. The first-order valence-corrected chi connectivity index (χ1v) is 7.89. The molecule has 2 aromatic carbocycles. The largest absolute Gasteiger partial charge is 0.323 e. The summed E-state index contributed by atoms with van der Waals surface area (Å²) in [4.78, 5) is 12.6. The van der Waals surface area contributed by atoms with E-state index in [4.69, 9.17) is 11.6 Å². The first-order chi connectivity index (χ1) is 10.1. The van der Waals surface area contributed by atoms with Gasteiger partial charge in [-0.15, -0.1) is 0 Å². The minimum absolute atomic E-state index is 0.0786. The predicted octanol–water partition coefficient (Wildman–Crippen LogP) is 3.93. The van der Waals surface area contributed by atoms with E-state index in [1.165, 1.54) is 5.56 Å². The third-order valence-electron chi connectivity index (χ3n) is 3.56. The summed E-state index contributed by atoms with van der Waals surface area (Å²) in [5.41, 5.74) is 2.94. The number of anilines is 1. The Morgan fingerprint density at radius 2 is 2.10 bits per heavy atom. The molecule has 2 N–H and O–H groups in total. The molecular weight excluding hydrogens is 352 g/mol. The van der Waals surface area contributed by atoms with Crippen LogP contribution >= 0.6 is 27.5 Å². The van der Waals surface area contributed by atoms with Crippen LogP contribution < -0.4 is 10.6 Å². The number of rotatable bonds is 2. The molecule has 108 valence electrons. The lowest BCUT2D eigenvalue weighted by molar-refractivity contribution is -0.118. The van der Waals surface area contributed by atoms with Crippen molar-refractivity contribution in [1.29, 1.82) is 0 Å². The van der Waals surface area contributed by atoms with Crippen LogP contribution in [0.5, 0.6) is 0 Å². The van der Waals surface area contributed by atoms with Gasteiger partial charge in [0.1, 0.15) is 6.04 Å². The Kier molecular flexibility index (Phi) is 4.29. The lowest BCUT2D eigenvalue weighted by atomic mass is 9.94. The third kappa shape index (κ3) is 3.12. The smallest absolute Gasteiger partial charge is 0.246 e. The number of nitrogens with one attached hydrogen (secondary N) is 2. The minimum Gasteiger partial charge on any atom is -0.323 e. The van der Waals surface area contributed by atoms with Gasteiger partial charge in [-0.3, -0.25) is 4.79 Å². The highest BCUT2D eigenvalue weighted by molar-refractivity contribution is 9.10. The van der Waals surface area contributed by atoms with E-state index in [9.17, 15) is 4.79 Å². The zero-order valence-corrected chi connectivity index (χ0v) is 13.5. The number of halogens is 2. The summed E-state index contributed by atoms with van der Waals surface area (Å²) in [6.45, 7) is 0.797. The van der Waals surface area contributed by atoms with E-state index < -0.39 is 0 Å². The Bertz CT molecular complexity index is 690. The Labute approximate surface area is 136 Å². The third-order valence-corrected chi connectivity index (χ3v) is 4.48. The fourth-order valence-corrected chi connectivity index (χ4v) is 3.05. The lowest BCUT2D eigenvalue weighted by Gasteiger charge is -2.26. The number of benzene rings is 2. The molecule has 0 saturated heterocycles. The maximum absolute atomic E-state index is 12.6. The Hall–Kier alpha value is -1.36. The van der Waals surface area contributed by atoms with Gasteiger partial charge in [0.05, 0.1) is 5.69 Å². The molecule has 1 amide bonds. The summed E-state index contributed by atoms with van der Waals surface area (Å²) in [6, 6.07) is 13.0. The summed E-state index contributed by atoms with van der Waals surface area (Å²) in [6.07, 6.45) is 0.945. The van der Waals surface area contributed by atoms with Crippen LogP contribution in [0, 0.1) is 0 Å². The highest BCUT2D eigenvalue weighted by atomic mass is 79.9. The van der Waals surface area contributed by atoms with Gasteiger partial charge in [0.15, 0.2) is 0 Å². The standard InChI is InChI=1S/C16H14BrClN2O/c17-13-6-5-11(18)9-14(13)20-16(21)15-12-4-2-1-3-10(12)7-8-19-15/h1-6,9,15,19H,7-8H2,(H,20,21). The molecule has 2 aromatic rings. The van der Waals surface area contributed by atoms with Crippen molar-refractivity contribution in [3.8, 4) is 0 Å². The zero-order chi connectivity index (χ0) is 14.8. The van der Waals surface area contributed by atoms with Crippen molar-refractivity contribution >= 4 is 39.1 Å². The highest BCUT2D eigenvalue weighted by Crippen LogP contribution is 2.28. The monoisotopic (exact) mass is 364 g/mol. The zero-order valence-electron chi connectivity index (χ0n) is 11.2. The molecule has 21 heavy (non-hydrogen) atoms. The molecule has 3 rings (SSSR count). The summed E-state index contributed by atoms with van der Waals surface area (Å²) in [5.74, 6) is -0.0786. The van der Waals surface area contributed by atoms with E-state index in [0.29, 0.717) is 10.7 Å². The molecule has 1 aliphatic heterocycles. The first-order valence-electron chi connectivity index (χ1n) is 6.72. The van der Waals surface area contributed by atoms with Crippen molar-refractivity contribution < 1.29 is 4.79 Å². The van der Waals surface area contributed by atoms with Crippen LogP contribution in [-0.4, -0.2) is 12.5 Å². The highest BCUT2D eigenvalue weighted by Gasteiger charge is 2.26. The van der Waals surface area contributed by atoms with E-state index >= 15 is 0 Å². The van der Waals surface area contributed by atoms with Gasteiger partial charge < -0.3 is 10.6 Å². The normalized spacial score (nSPS) is 17.1. The van der Waals surface area contributed by atoms with Crippen molar-refractivity contribution in [2.24, 2.45) is 0 Å². The molecule has 0 aromatic heterocycles. The van der Waals surface area contributed by atoms with Crippen LogP contribution in [-0.2, 0) is 11.2 Å². The quantitative estimate of drug-likeness (QED) is 0.846. The first kappa shape index (κ1) is 14.6. The Balaban J connectivity index is 1.85. The Morgan fingerprint density at radius 3 is 2.95 bits per heavy atom. The molecule has 0 radical (unpaired) electrons. The van der Waals surface area contributed by atoms with Crippen LogP contribution in [0.15, 0.2) is 46.9 Å². The summed E-state index contributed by atoms with van der Waals surface area (Å²) in [7, 11) is 0. The molecule has 3 nitrogen and oxygen atoms in total. The summed E-state index contributed by atoms with van der Waals surface area (Å²) in [5, 5.41) is 6.79. The summed E-state index contributed by atoms with van der Waals surface area (Å²) < 4.78 is 0.810. The van der Waals surface area contributed by atoms with Crippen LogP contribution in [0.1, 0.15) is 17.2 Å². The molecular formula is C16H14BrClN2O. The second-order valence-corrected chi connectivity index (χ2v) is 6.24. The minimum atomic E-state index is -0.333. The molecule has 0 aliphatic carbocycles. The maximum atomic E-state index is 12.6. The summed E-state index contributed by atoms with van der Waals surface area (Å²) >= 11 is 9.40. The van der Waals surface area contributed by atoms with Crippen molar-refractivity contribution in [2.45, 2.75) is 12.5 Å². The fraction of sp³-hybridized carbons (Fsp3) is 0.188. The second-order valence-electron chi connectivity index (χ2n) is 4.95. The van der Waals surface area contributed by atoms with E-state index in [0.717, 1.165) is 23.0 Å². The number of hydrogen-bond donors (Lipinski definition) is 2. The van der Waals surface area contributed by atoms with Crippen LogP contribution in [0.3, 0.4) is 0 Å². The average Bonchev–Trinajstić information content (AvgIpc) is 2.50. The SMILES string of the molecule is O=C(Nc1cc(Cl)ccc1Br)C1NCCc2ccccc21.